The van der Waals surface area contributed by atoms with Crippen LogP contribution in [0.1, 0.15) is 39.2 Å². The molecule has 164 valence electrons. The van der Waals surface area contributed by atoms with Gasteiger partial charge in [-0.05, 0) is 83.1 Å². The largest absolute Gasteiger partial charge is 0.481 e. The number of carbonyl (C=O) groups is 2. The van der Waals surface area contributed by atoms with E-state index in [4.69, 9.17) is 9.84 Å². The van der Waals surface area contributed by atoms with E-state index < -0.39 is 12.6 Å². The fraction of sp³-hybridized carbons (Fsp3) is 0.208. The zero-order valence-electron chi connectivity index (χ0n) is 17.1. The van der Waals surface area contributed by atoms with Crippen molar-refractivity contribution < 1.29 is 19.4 Å². The van der Waals surface area contributed by atoms with E-state index in [0.717, 1.165) is 42.5 Å². The zero-order chi connectivity index (χ0) is 22.5. The highest BCUT2D eigenvalue weighted by Gasteiger charge is 2.25. The lowest BCUT2D eigenvalue weighted by Crippen LogP contribution is -2.14. The summed E-state index contributed by atoms with van der Waals surface area (Å²) >= 11 is 4.98. The molecule has 1 amide bonds. The Morgan fingerprint density at radius 2 is 1.94 bits per heavy atom. The van der Waals surface area contributed by atoms with Gasteiger partial charge in [0.25, 0.3) is 5.91 Å². The number of halogens is 1. The molecule has 0 atom stereocenters. The molecule has 1 aliphatic carbocycles. The topological polar surface area (TPSA) is 88.0 Å². The Labute approximate surface area is 198 Å². The lowest BCUT2D eigenvalue weighted by Gasteiger charge is -2.12. The second kappa shape index (κ2) is 10.1. The summed E-state index contributed by atoms with van der Waals surface area (Å²) in [6.45, 7) is -0.410. The molecule has 1 heterocycles. The van der Waals surface area contributed by atoms with Crippen molar-refractivity contribution in [2.75, 3.05) is 11.9 Å². The number of amides is 1. The number of hydrogen-bond donors (Lipinski definition) is 2. The molecule has 32 heavy (non-hydrogen) atoms. The van der Waals surface area contributed by atoms with Crippen LogP contribution in [0.25, 0.3) is 0 Å². The van der Waals surface area contributed by atoms with Crippen LogP contribution in [0.4, 0.5) is 10.7 Å². The Balaban J connectivity index is 1.60. The van der Waals surface area contributed by atoms with E-state index in [0.29, 0.717) is 20.8 Å². The van der Waals surface area contributed by atoms with Gasteiger partial charge >= 0.3 is 5.97 Å². The average Bonchev–Trinajstić information content (AvgIpc) is 3.16. The first kappa shape index (κ1) is 22.2. The number of benzene rings is 2. The van der Waals surface area contributed by atoms with Gasteiger partial charge in [0.05, 0.1) is 10.0 Å². The number of hydrogen-bond acceptors (Lipinski definition) is 5. The van der Waals surface area contributed by atoms with Crippen molar-refractivity contribution in [2.24, 2.45) is 4.99 Å². The Hall–Kier alpha value is -2.97. The van der Waals surface area contributed by atoms with Crippen LogP contribution in [0.5, 0.6) is 5.75 Å². The van der Waals surface area contributed by atoms with Crippen LogP contribution in [0.15, 0.2) is 58.0 Å². The molecule has 0 aliphatic heterocycles. The summed E-state index contributed by atoms with van der Waals surface area (Å²) in [5.41, 5.74) is 3.33. The van der Waals surface area contributed by atoms with Crippen molar-refractivity contribution in [2.45, 2.75) is 25.7 Å². The Bertz CT molecular complexity index is 1170. The van der Waals surface area contributed by atoms with Crippen LogP contribution in [0.3, 0.4) is 0 Å². The number of rotatable bonds is 7. The number of carbonyl (C=O) groups excluding carboxylic acids is 1. The summed E-state index contributed by atoms with van der Waals surface area (Å²) in [5, 5.41) is 12.5. The van der Waals surface area contributed by atoms with Gasteiger partial charge in [0.15, 0.2) is 6.61 Å². The Kier molecular flexibility index (Phi) is 7.02. The van der Waals surface area contributed by atoms with Crippen LogP contribution < -0.4 is 10.1 Å². The van der Waals surface area contributed by atoms with Crippen molar-refractivity contribution in [3.63, 3.8) is 0 Å². The van der Waals surface area contributed by atoms with Gasteiger partial charge in [0.2, 0.25) is 0 Å². The molecule has 0 radical (unpaired) electrons. The number of anilines is 1. The predicted molar refractivity (Wildman–Crippen MR) is 130 cm³/mol. The van der Waals surface area contributed by atoms with Crippen molar-refractivity contribution in [3.05, 3.63) is 74.6 Å². The first-order valence-electron chi connectivity index (χ1n) is 10.2. The van der Waals surface area contributed by atoms with Crippen LogP contribution in [0.2, 0.25) is 0 Å². The van der Waals surface area contributed by atoms with E-state index in [1.807, 2.05) is 30.3 Å². The van der Waals surface area contributed by atoms with E-state index in [1.54, 1.807) is 35.8 Å². The van der Waals surface area contributed by atoms with Gasteiger partial charge in [0.1, 0.15) is 10.8 Å². The summed E-state index contributed by atoms with van der Waals surface area (Å²) < 4.78 is 5.87. The maximum Gasteiger partial charge on any atom is 0.341 e. The lowest BCUT2D eigenvalue weighted by molar-refractivity contribution is -0.139. The third-order valence-corrected chi connectivity index (χ3v) is 6.87. The molecule has 0 saturated heterocycles. The minimum absolute atomic E-state index is 0.138. The first-order chi connectivity index (χ1) is 15.5. The van der Waals surface area contributed by atoms with Crippen LogP contribution in [0, 0.1) is 0 Å². The van der Waals surface area contributed by atoms with Gasteiger partial charge in [-0.1, -0.05) is 18.2 Å². The van der Waals surface area contributed by atoms with Gasteiger partial charge in [-0.15, -0.1) is 11.3 Å². The van der Waals surface area contributed by atoms with E-state index in [-0.39, 0.29) is 5.91 Å². The minimum Gasteiger partial charge on any atom is -0.481 e. The fourth-order valence-electron chi connectivity index (χ4n) is 3.58. The van der Waals surface area contributed by atoms with Crippen LogP contribution in [-0.4, -0.2) is 29.8 Å². The maximum atomic E-state index is 13.2. The Morgan fingerprint density at radius 3 is 2.69 bits per heavy atom. The van der Waals surface area contributed by atoms with Gasteiger partial charge in [-0.25, -0.2) is 9.79 Å². The summed E-state index contributed by atoms with van der Waals surface area (Å²) in [4.78, 5) is 29.8. The molecular formula is C24H21BrN2O4S. The number of carboxylic acids is 1. The number of aliphatic imine (C=N–C) groups is 1. The normalized spacial score (nSPS) is 13.0. The number of aryl methyl sites for hydroxylation is 1. The quantitative estimate of drug-likeness (QED) is 0.388. The second-order valence-corrected chi connectivity index (χ2v) is 9.28. The maximum absolute atomic E-state index is 13.2. The standard InChI is InChI=1S/C24H21BrN2O4S/c25-18-12-15(10-11-19(18)31-14-21(28)29)13-26-24-22(17-8-4-5-9-20(17)32-24)23(30)27-16-6-2-1-3-7-16/h1-3,6-7,10-13H,4-5,8-9,14H2,(H,27,30)(H,28,29). The van der Waals surface area contributed by atoms with Crippen molar-refractivity contribution >= 4 is 56.0 Å². The number of para-hydroxylation sites is 1. The molecular weight excluding hydrogens is 492 g/mol. The third kappa shape index (κ3) is 5.26. The van der Waals surface area contributed by atoms with E-state index >= 15 is 0 Å². The van der Waals surface area contributed by atoms with Crippen LogP contribution in [-0.2, 0) is 17.6 Å². The monoisotopic (exact) mass is 512 g/mol. The zero-order valence-corrected chi connectivity index (χ0v) is 19.5. The molecule has 0 spiro atoms. The van der Waals surface area contributed by atoms with E-state index in [9.17, 15) is 9.59 Å². The molecule has 0 saturated carbocycles. The number of nitrogens with one attached hydrogen (secondary N) is 1. The number of nitrogens with zero attached hydrogens (tertiary/aromatic N) is 1. The van der Waals surface area contributed by atoms with Gasteiger partial charge < -0.3 is 15.2 Å². The molecule has 2 aromatic carbocycles. The number of carboxylic acid groups (broad SMARTS) is 1. The van der Waals surface area contributed by atoms with Gasteiger partial charge in [0, 0.05) is 16.8 Å². The molecule has 3 aromatic rings. The molecule has 4 rings (SSSR count). The molecule has 8 heteroatoms. The highest BCUT2D eigenvalue weighted by Crippen LogP contribution is 2.40. The van der Waals surface area contributed by atoms with Gasteiger partial charge in [-0.2, -0.15) is 0 Å². The highest BCUT2D eigenvalue weighted by molar-refractivity contribution is 9.10. The number of aliphatic carboxylic acids is 1. The van der Waals surface area contributed by atoms with Crippen molar-refractivity contribution in [1.29, 1.82) is 0 Å². The summed E-state index contributed by atoms with van der Waals surface area (Å²) in [6, 6.07) is 14.7. The predicted octanol–water partition coefficient (Wildman–Crippen LogP) is 5.86. The third-order valence-electron chi connectivity index (χ3n) is 5.05. The molecule has 1 aromatic heterocycles. The molecule has 0 unspecified atom stereocenters. The van der Waals surface area contributed by atoms with Crippen molar-refractivity contribution in [3.8, 4) is 5.75 Å². The summed E-state index contributed by atoms with van der Waals surface area (Å²) in [7, 11) is 0. The summed E-state index contributed by atoms with van der Waals surface area (Å²) in [5.74, 6) is -0.731. The number of ether oxygens (including phenoxy) is 1. The van der Waals surface area contributed by atoms with Crippen molar-refractivity contribution in [1.82, 2.24) is 0 Å². The molecule has 2 N–H and O–H groups in total. The molecule has 1 aliphatic rings. The average molecular weight is 513 g/mol. The SMILES string of the molecule is O=C(O)COc1ccc(C=Nc2sc3c(c2C(=O)Nc2ccccc2)CCCC3)cc1Br. The fourth-order valence-corrected chi connectivity index (χ4v) is 5.32. The number of thiophene rings is 1. The van der Waals surface area contributed by atoms with Gasteiger partial charge in [-0.3, -0.25) is 4.79 Å². The molecule has 6 nitrogen and oxygen atoms in total. The molecule has 0 fully saturated rings. The minimum atomic E-state index is -1.04. The highest BCUT2D eigenvalue weighted by atomic mass is 79.9. The number of fused-ring (bicyclic) bond motifs is 1. The first-order valence-corrected chi connectivity index (χ1v) is 11.8. The summed E-state index contributed by atoms with van der Waals surface area (Å²) in [6.07, 6.45) is 5.77. The lowest BCUT2D eigenvalue weighted by atomic mass is 9.95. The van der Waals surface area contributed by atoms with Crippen LogP contribution >= 0.6 is 27.3 Å². The van der Waals surface area contributed by atoms with E-state index in [1.165, 1.54) is 4.88 Å². The Morgan fingerprint density at radius 1 is 1.16 bits per heavy atom. The smallest absolute Gasteiger partial charge is 0.341 e. The van der Waals surface area contributed by atoms with E-state index in [2.05, 4.69) is 26.2 Å². The molecule has 0 bridgehead atoms. The second-order valence-electron chi connectivity index (χ2n) is 7.34.